The van der Waals surface area contributed by atoms with Gasteiger partial charge in [0.15, 0.2) is 0 Å². The standard InChI is InChI=1S/C20H27N3O4S/c1-2-3-12-27-15-10-8-14(9-11-15)21-19(25)22-16-6-4-5-7-17(16)23-18(24)13-28-20(23)26/h8-11,16-17H,2-7,12-13H2,1H3,(H2,21,22,25). The number of amides is 4. The summed E-state index contributed by atoms with van der Waals surface area (Å²) >= 11 is 1.04. The van der Waals surface area contributed by atoms with E-state index in [9.17, 15) is 14.4 Å². The number of urea groups is 1. The van der Waals surface area contributed by atoms with E-state index in [4.69, 9.17) is 4.74 Å². The largest absolute Gasteiger partial charge is 0.494 e. The van der Waals surface area contributed by atoms with E-state index >= 15 is 0 Å². The molecular weight excluding hydrogens is 378 g/mol. The van der Waals surface area contributed by atoms with Crippen LogP contribution in [0.3, 0.4) is 0 Å². The molecule has 2 N–H and O–H groups in total. The number of ether oxygens (including phenoxy) is 1. The van der Waals surface area contributed by atoms with Crippen molar-refractivity contribution in [3.05, 3.63) is 24.3 Å². The predicted octanol–water partition coefficient (Wildman–Crippen LogP) is 3.99. The van der Waals surface area contributed by atoms with Crippen molar-refractivity contribution in [3.8, 4) is 5.75 Å². The summed E-state index contributed by atoms with van der Waals surface area (Å²) in [5, 5.41) is 5.57. The Morgan fingerprint density at radius 2 is 1.96 bits per heavy atom. The summed E-state index contributed by atoms with van der Waals surface area (Å²) in [5.74, 6) is 0.809. The summed E-state index contributed by atoms with van der Waals surface area (Å²) in [4.78, 5) is 37.9. The quantitative estimate of drug-likeness (QED) is 0.670. The molecule has 0 radical (unpaired) electrons. The highest BCUT2D eigenvalue weighted by molar-refractivity contribution is 8.14. The molecule has 2 atom stereocenters. The molecule has 1 aromatic carbocycles. The number of nitrogens with zero attached hydrogens (tertiary/aromatic N) is 1. The van der Waals surface area contributed by atoms with Gasteiger partial charge >= 0.3 is 6.03 Å². The predicted molar refractivity (Wildman–Crippen MR) is 110 cm³/mol. The topological polar surface area (TPSA) is 87.7 Å². The summed E-state index contributed by atoms with van der Waals surface area (Å²) in [5.41, 5.74) is 0.664. The SMILES string of the molecule is CCCCOc1ccc(NC(=O)NC2CCCCC2N2C(=O)CSC2=O)cc1. The molecule has 152 valence electrons. The number of anilines is 1. The van der Waals surface area contributed by atoms with Crippen LogP contribution in [0, 0.1) is 0 Å². The van der Waals surface area contributed by atoms with Crippen LogP contribution in [-0.4, -0.2) is 46.5 Å². The van der Waals surface area contributed by atoms with Crippen LogP contribution < -0.4 is 15.4 Å². The van der Waals surface area contributed by atoms with E-state index in [1.54, 1.807) is 12.1 Å². The lowest BCUT2D eigenvalue weighted by molar-refractivity contribution is -0.127. The zero-order valence-electron chi connectivity index (χ0n) is 16.1. The Morgan fingerprint density at radius 3 is 2.64 bits per heavy atom. The van der Waals surface area contributed by atoms with Gasteiger partial charge < -0.3 is 15.4 Å². The van der Waals surface area contributed by atoms with Crippen molar-refractivity contribution in [2.45, 2.75) is 57.5 Å². The summed E-state index contributed by atoms with van der Waals surface area (Å²) < 4.78 is 5.62. The van der Waals surface area contributed by atoms with Crippen molar-refractivity contribution in [1.82, 2.24) is 10.2 Å². The minimum atomic E-state index is -0.330. The summed E-state index contributed by atoms with van der Waals surface area (Å²) in [6.45, 7) is 2.79. The molecule has 1 aromatic rings. The molecule has 28 heavy (non-hydrogen) atoms. The number of hydrogen-bond acceptors (Lipinski definition) is 5. The smallest absolute Gasteiger partial charge is 0.319 e. The minimum Gasteiger partial charge on any atom is -0.494 e. The molecule has 0 bridgehead atoms. The van der Waals surface area contributed by atoms with Gasteiger partial charge in [-0.05, 0) is 43.5 Å². The first-order chi connectivity index (χ1) is 13.6. The van der Waals surface area contributed by atoms with E-state index < -0.39 is 0 Å². The number of unbranched alkanes of at least 4 members (excludes halogenated alkanes) is 1. The van der Waals surface area contributed by atoms with Gasteiger partial charge in [-0.1, -0.05) is 37.9 Å². The maximum Gasteiger partial charge on any atom is 0.319 e. The van der Waals surface area contributed by atoms with Crippen molar-refractivity contribution in [1.29, 1.82) is 0 Å². The fraction of sp³-hybridized carbons (Fsp3) is 0.550. The van der Waals surface area contributed by atoms with Gasteiger partial charge in [0.1, 0.15) is 5.75 Å². The van der Waals surface area contributed by atoms with E-state index in [2.05, 4.69) is 17.6 Å². The van der Waals surface area contributed by atoms with E-state index in [0.29, 0.717) is 12.3 Å². The minimum absolute atomic E-state index is 0.159. The van der Waals surface area contributed by atoms with Gasteiger partial charge in [0, 0.05) is 5.69 Å². The molecule has 7 nitrogen and oxygen atoms in total. The summed E-state index contributed by atoms with van der Waals surface area (Å²) in [6.07, 6.45) is 5.48. The maximum atomic E-state index is 12.5. The molecule has 2 fully saturated rings. The van der Waals surface area contributed by atoms with Gasteiger partial charge in [-0.15, -0.1) is 0 Å². The van der Waals surface area contributed by atoms with Crippen LogP contribution in [-0.2, 0) is 4.79 Å². The van der Waals surface area contributed by atoms with Crippen molar-refractivity contribution in [3.63, 3.8) is 0 Å². The lowest BCUT2D eigenvalue weighted by atomic mass is 9.89. The van der Waals surface area contributed by atoms with Gasteiger partial charge in [-0.2, -0.15) is 0 Å². The Morgan fingerprint density at radius 1 is 1.21 bits per heavy atom. The van der Waals surface area contributed by atoms with Gasteiger partial charge in [0.05, 0.1) is 24.4 Å². The van der Waals surface area contributed by atoms with Crippen LogP contribution in [0.2, 0.25) is 0 Å². The molecule has 1 heterocycles. The molecule has 0 spiro atoms. The molecular formula is C20H27N3O4S. The summed E-state index contributed by atoms with van der Waals surface area (Å²) in [7, 11) is 0. The third-order valence-corrected chi connectivity index (χ3v) is 5.88. The highest BCUT2D eigenvalue weighted by Crippen LogP contribution is 2.30. The van der Waals surface area contributed by atoms with E-state index in [1.165, 1.54) is 4.90 Å². The molecule has 1 aliphatic carbocycles. The first-order valence-corrected chi connectivity index (χ1v) is 10.9. The second-order valence-corrected chi connectivity index (χ2v) is 8.03. The highest BCUT2D eigenvalue weighted by Gasteiger charge is 2.41. The molecule has 8 heteroatoms. The van der Waals surface area contributed by atoms with Crippen LogP contribution in [0.1, 0.15) is 45.4 Å². The van der Waals surface area contributed by atoms with Crippen molar-refractivity contribution in [2.75, 3.05) is 17.7 Å². The lowest BCUT2D eigenvalue weighted by Crippen LogP contribution is -2.55. The highest BCUT2D eigenvalue weighted by atomic mass is 32.2. The molecule has 0 aromatic heterocycles. The molecule has 1 saturated carbocycles. The normalized spacial score (nSPS) is 22.2. The third kappa shape index (κ3) is 5.19. The Balaban J connectivity index is 1.55. The average molecular weight is 406 g/mol. The zero-order valence-corrected chi connectivity index (χ0v) is 16.9. The molecule has 2 unspecified atom stereocenters. The first kappa shape index (κ1) is 20.5. The van der Waals surface area contributed by atoms with Crippen LogP contribution in [0.4, 0.5) is 15.3 Å². The number of carbonyl (C=O) groups is 3. The maximum absolute atomic E-state index is 12.5. The number of hydrogen-bond donors (Lipinski definition) is 2. The molecule has 2 aliphatic rings. The van der Waals surface area contributed by atoms with Crippen molar-refractivity contribution < 1.29 is 19.1 Å². The number of carbonyl (C=O) groups excluding carboxylic acids is 3. The first-order valence-electron chi connectivity index (χ1n) is 9.87. The molecule has 3 rings (SSSR count). The van der Waals surface area contributed by atoms with Gasteiger partial charge in [0.25, 0.3) is 5.24 Å². The van der Waals surface area contributed by atoms with Crippen LogP contribution >= 0.6 is 11.8 Å². The van der Waals surface area contributed by atoms with Crippen LogP contribution in [0.5, 0.6) is 5.75 Å². The van der Waals surface area contributed by atoms with Gasteiger partial charge in [-0.25, -0.2) is 4.79 Å². The van der Waals surface area contributed by atoms with E-state index in [0.717, 1.165) is 56.0 Å². The van der Waals surface area contributed by atoms with E-state index in [1.807, 2.05) is 12.1 Å². The molecule has 4 amide bonds. The Bertz CT molecular complexity index is 694. The van der Waals surface area contributed by atoms with Crippen LogP contribution in [0.15, 0.2) is 24.3 Å². The fourth-order valence-corrected chi connectivity index (χ4v) is 4.34. The number of imide groups is 1. The number of nitrogens with one attached hydrogen (secondary N) is 2. The fourth-order valence-electron chi connectivity index (χ4n) is 3.58. The second-order valence-electron chi connectivity index (χ2n) is 7.10. The molecule has 1 saturated heterocycles. The van der Waals surface area contributed by atoms with Crippen molar-refractivity contribution in [2.24, 2.45) is 0 Å². The van der Waals surface area contributed by atoms with Crippen molar-refractivity contribution >= 4 is 34.6 Å². The second kappa shape index (κ2) is 9.82. The molecule has 1 aliphatic heterocycles. The van der Waals surface area contributed by atoms with E-state index in [-0.39, 0.29) is 35.0 Å². The monoisotopic (exact) mass is 405 g/mol. The zero-order chi connectivity index (χ0) is 19.9. The third-order valence-electron chi connectivity index (χ3n) is 5.04. The Hall–Kier alpha value is -2.22. The Labute approximate surface area is 169 Å². The lowest BCUT2D eigenvalue weighted by Gasteiger charge is -2.36. The van der Waals surface area contributed by atoms with Gasteiger partial charge in [-0.3, -0.25) is 14.5 Å². The number of thioether (sulfide) groups is 1. The number of rotatable bonds is 7. The Kier molecular flexibility index (Phi) is 7.19. The number of benzene rings is 1. The van der Waals surface area contributed by atoms with Crippen LogP contribution in [0.25, 0.3) is 0 Å². The van der Waals surface area contributed by atoms with Gasteiger partial charge in [0.2, 0.25) is 5.91 Å². The average Bonchev–Trinajstić information content (AvgIpc) is 3.02. The summed E-state index contributed by atoms with van der Waals surface area (Å²) in [6, 6.07) is 6.43.